The van der Waals surface area contributed by atoms with Gasteiger partial charge in [0.15, 0.2) is 17.2 Å². The number of hydrogen-bond acceptors (Lipinski definition) is 13. The number of esters is 1. The zero-order valence-corrected chi connectivity index (χ0v) is 29.0. The number of aromatic hydroxyl groups is 1. The minimum atomic E-state index is -2.91. The van der Waals surface area contributed by atoms with Crippen molar-refractivity contribution < 1.29 is 49.1 Å². The zero-order chi connectivity index (χ0) is 35.2. The Morgan fingerprint density at radius 3 is 2.45 bits per heavy atom. The lowest BCUT2D eigenvalue weighted by Crippen LogP contribution is -2.71. The average molecular weight is 699 g/mol. The van der Waals surface area contributed by atoms with Crippen molar-refractivity contribution in [2.45, 2.75) is 74.4 Å². The number of nitrogens with zero attached hydrogens (tertiary/aromatic N) is 2. The highest BCUT2D eigenvalue weighted by Crippen LogP contribution is 2.58. The van der Waals surface area contributed by atoms with Crippen LogP contribution in [0.5, 0.6) is 5.75 Å². The Morgan fingerprint density at radius 2 is 1.80 bits per heavy atom. The Kier molecular flexibility index (Phi) is 10.3. The first kappa shape index (κ1) is 35.6. The van der Waals surface area contributed by atoms with E-state index >= 15 is 0 Å². The lowest BCUT2D eigenvalue weighted by atomic mass is 9.54. The summed E-state index contributed by atoms with van der Waals surface area (Å²) in [5, 5.41) is 47.6. The Bertz CT molecular complexity index is 1580. The molecule has 1 aromatic carbocycles. The third-order valence-electron chi connectivity index (χ3n) is 10.9. The van der Waals surface area contributed by atoms with Gasteiger partial charge in [0.25, 0.3) is 0 Å². The molecule has 5 aliphatic rings. The summed E-state index contributed by atoms with van der Waals surface area (Å²) in [6, 6.07) is 3.44. The van der Waals surface area contributed by atoms with Crippen LogP contribution in [0.25, 0.3) is 5.76 Å². The number of carbonyl (C=O) groups is 4. The maximum atomic E-state index is 14.9. The average Bonchev–Trinajstić information content (AvgIpc) is 3.60. The lowest BCUT2D eigenvalue weighted by Gasteiger charge is -2.55. The summed E-state index contributed by atoms with van der Waals surface area (Å²) < 4.78 is 11.5. The van der Waals surface area contributed by atoms with Crippen molar-refractivity contribution in [3.63, 3.8) is 0 Å². The highest BCUT2D eigenvalue weighted by molar-refractivity contribution is 7.99. The van der Waals surface area contributed by atoms with E-state index in [1.807, 2.05) is 4.90 Å². The molecule has 1 aliphatic heterocycles. The van der Waals surface area contributed by atoms with Gasteiger partial charge >= 0.3 is 5.97 Å². The fourth-order valence-electron chi connectivity index (χ4n) is 8.48. The Labute approximate surface area is 290 Å². The van der Waals surface area contributed by atoms with E-state index in [4.69, 9.17) is 9.47 Å². The Hall–Kier alpha value is -3.23. The number of thioether (sulfide) groups is 1. The fraction of sp³-hybridized carbons (Fsp3) is 0.611. The predicted octanol–water partition coefficient (Wildman–Crippen LogP) is 2.92. The molecule has 1 heterocycles. The molecular formula is C36H46N2O10S. The highest BCUT2D eigenvalue weighted by Gasteiger charge is 2.69. The molecule has 0 amide bonds. The van der Waals surface area contributed by atoms with Crippen LogP contribution in [-0.2, 0) is 28.7 Å². The first-order chi connectivity index (χ1) is 23.4. The molecule has 1 aromatic rings. The first-order valence-electron chi connectivity index (χ1n) is 17.2. The van der Waals surface area contributed by atoms with E-state index in [0.29, 0.717) is 42.9 Å². The number of phenols is 1. The van der Waals surface area contributed by atoms with E-state index < -0.39 is 75.9 Å². The van der Waals surface area contributed by atoms with Gasteiger partial charge in [0.2, 0.25) is 5.78 Å². The van der Waals surface area contributed by atoms with Gasteiger partial charge in [0, 0.05) is 60.9 Å². The van der Waals surface area contributed by atoms with Crippen LogP contribution in [0.15, 0.2) is 35.1 Å². The van der Waals surface area contributed by atoms with E-state index in [0.717, 1.165) is 25.7 Å². The molecule has 0 bridgehead atoms. The molecule has 1 unspecified atom stereocenters. The third-order valence-corrected chi connectivity index (χ3v) is 12.4. The number of phenolic OH excluding ortho intramolecular Hbond substituents is 1. The van der Waals surface area contributed by atoms with E-state index in [1.54, 1.807) is 44.9 Å². The minimum Gasteiger partial charge on any atom is -0.508 e. The molecule has 12 nitrogen and oxygen atoms in total. The van der Waals surface area contributed by atoms with Crippen LogP contribution in [0.4, 0.5) is 0 Å². The highest BCUT2D eigenvalue weighted by atomic mass is 32.2. The quantitative estimate of drug-likeness (QED) is 0.208. The molecule has 4 aliphatic carbocycles. The summed E-state index contributed by atoms with van der Waals surface area (Å²) in [5.74, 6) is -7.94. The number of ether oxygens (including phenoxy) is 2. The molecule has 13 heteroatoms. The molecule has 0 radical (unpaired) electrons. The minimum absolute atomic E-state index is 0.0306. The van der Waals surface area contributed by atoms with Crippen LogP contribution in [-0.4, -0.2) is 129 Å². The number of likely N-dealkylation sites (N-methyl/N-ethyl adjacent to an activating group) is 1. The molecular weight excluding hydrogens is 652 g/mol. The standard InChI is InChI=1S/C36H46N2O10S/c1-4-24(41)48-33-26-21(18-49-19-8-5-6-9-19)20-10-7-11-22(39)25(20)31(42)28(26)35(45)36(46)29(33)30(37(2)3)32(43)27(34(36)44)23(40)12-13-38-14-16-47-17-15-38/h7,10-11,19,21,26,29-30,33,39,42,44,46H,4-6,8-9,12-18H2,1-3H3/t21?,26-,29-,30+,33+,36-/m1/s1. The van der Waals surface area contributed by atoms with Crippen molar-refractivity contribution in [3.05, 3.63) is 46.2 Å². The largest absolute Gasteiger partial charge is 0.508 e. The molecule has 2 saturated carbocycles. The van der Waals surface area contributed by atoms with Gasteiger partial charge in [0.1, 0.15) is 28.9 Å². The predicted molar refractivity (Wildman–Crippen MR) is 181 cm³/mol. The number of aliphatic hydroxyl groups is 3. The number of rotatable bonds is 10. The van der Waals surface area contributed by atoms with Gasteiger partial charge in [-0.2, -0.15) is 11.8 Å². The van der Waals surface area contributed by atoms with Gasteiger partial charge in [0.05, 0.1) is 30.7 Å². The molecule has 266 valence electrons. The van der Waals surface area contributed by atoms with Gasteiger partial charge in [-0.1, -0.05) is 31.9 Å². The number of carbonyl (C=O) groups excluding carboxylic acids is 4. The summed E-state index contributed by atoms with van der Waals surface area (Å²) in [7, 11) is 3.13. The number of aliphatic hydroxyl groups excluding tert-OH is 2. The van der Waals surface area contributed by atoms with Crippen LogP contribution < -0.4 is 0 Å². The number of hydrogen-bond donors (Lipinski definition) is 4. The molecule has 6 rings (SSSR count). The number of ketones is 3. The van der Waals surface area contributed by atoms with E-state index in [2.05, 4.69) is 0 Å². The van der Waals surface area contributed by atoms with Crippen LogP contribution in [0.2, 0.25) is 0 Å². The van der Waals surface area contributed by atoms with E-state index in [9.17, 15) is 39.6 Å². The maximum absolute atomic E-state index is 14.9. The van der Waals surface area contributed by atoms with Crippen LogP contribution in [0.3, 0.4) is 0 Å². The Balaban J connectivity index is 1.52. The van der Waals surface area contributed by atoms with E-state index in [-0.39, 0.29) is 36.3 Å². The molecule has 49 heavy (non-hydrogen) atoms. The van der Waals surface area contributed by atoms with Gasteiger partial charge in [-0.15, -0.1) is 0 Å². The second-order valence-corrected chi connectivity index (χ2v) is 15.3. The topological polar surface area (TPSA) is 174 Å². The molecule has 1 saturated heterocycles. The summed E-state index contributed by atoms with van der Waals surface area (Å²) in [4.78, 5) is 59.6. The van der Waals surface area contributed by atoms with Crippen LogP contribution >= 0.6 is 11.8 Å². The molecule has 4 N–H and O–H groups in total. The maximum Gasteiger partial charge on any atom is 0.305 e. The van der Waals surface area contributed by atoms with Crippen LogP contribution in [0, 0.1) is 11.8 Å². The number of benzene rings is 1. The number of Topliss-reactive ketones (excluding diaryl/α,β-unsaturated/α-hetero) is 3. The zero-order valence-electron chi connectivity index (χ0n) is 28.2. The van der Waals surface area contributed by atoms with Crippen molar-refractivity contribution in [2.24, 2.45) is 11.8 Å². The van der Waals surface area contributed by atoms with Crippen LogP contribution in [0.1, 0.15) is 62.5 Å². The van der Waals surface area contributed by atoms with Crippen molar-refractivity contribution >= 4 is 40.8 Å². The van der Waals surface area contributed by atoms with Gasteiger partial charge in [-0.05, 0) is 38.6 Å². The SMILES string of the molecule is CCC(=O)O[C@@H]1[C@H]2[C@H](N(C)C)C(=O)C(C(=O)CCN3CCOCC3)=C(O)[C@@]2(O)C(=O)C2=C(O)c3c(O)cccc3C(CSC3CCCC3)[C@H]21. The van der Waals surface area contributed by atoms with Crippen molar-refractivity contribution in [2.75, 3.05) is 52.7 Å². The first-order valence-corrected chi connectivity index (χ1v) is 18.3. The number of fused-ring (bicyclic) bond motifs is 3. The van der Waals surface area contributed by atoms with Gasteiger partial charge in [-0.3, -0.25) is 29.0 Å². The molecule has 6 atom stereocenters. The third kappa shape index (κ3) is 6.11. The molecule has 3 fully saturated rings. The summed E-state index contributed by atoms with van der Waals surface area (Å²) in [5.41, 5.74) is -3.31. The van der Waals surface area contributed by atoms with Gasteiger partial charge < -0.3 is 29.9 Å². The van der Waals surface area contributed by atoms with Crippen molar-refractivity contribution in [3.8, 4) is 5.75 Å². The number of morpholine rings is 1. The monoisotopic (exact) mass is 698 g/mol. The second-order valence-electron chi connectivity index (χ2n) is 13.9. The molecule has 0 spiro atoms. The fourth-order valence-corrected chi connectivity index (χ4v) is 10.0. The normalized spacial score (nSPS) is 30.8. The second kappa shape index (κ2) is 14.2. The molecule has 0 aromatic heterocycles. The smallest absolute Gasteiger partial charge is 0.305 e. The lowest BCUT2D eigenvalue weighted by molar-refractivity contribution is -0.185. The Morgan fingerprint density at radius 1 is 1.10 bits per heavy atom. The summed E-state index contributed by atoms with van der Waals surface area (Å²) in [6.07, 6.45) is 2.66. The van der Waals surface area contributed by atoms with Crippen molar-refractivity contribution in [1.29, 1.82) is 0 Å². The summed E-state index contributed by atoms with van der Waals surface area (Å²) >= 11 is 1.71. The van der Waals surface area contributed by atoms with E-state index in [1.165, 1.54) is 11.0 Å². The van der Waals surface area contributed by atoms with Crippen molar-refractivity contribution in [1.82, 2.24) is 9.80 Å². The van der Waals surface area contributed by atoms with Gasteiger partial charge in [-0.25, -0.2) is 0 Å². The summed E-state index contributed by atoms with van der Waals surface area (Å²) in [6.45, 7) is 4.04.